The van der Waals surface area contributed by atoms with Crippen molar-refractivity contribution in [3.63, 3.8) is 0 Å². The minimum atomic E-state index is -0.995. The molecule has 1 aliphatic heterocycles. The second kappa shape index (κ2) is 6.70. The molecule has 0 radical (unpaired) electrons. The van der Waals surface area contributed by atoms with Crippen LogP contribution in [0, 0.1) is 6.92 Å². The molecule has 0 aromatic heterocycles. The lowest BCUT2D eigenvalue weighted by atomic mass is 9.92. The van der Waals surface area contributed by atoms with Gasteiger partial charge in [0.25, 0.3) is 5.91 Å². The summed E-state index contributed by atoms with van der Waals surface area (Å²) in [5.74, 6) is 0.347. The second-order valence-corrected chi connectivity index (χ2v) is 7.19. The van der Waals surface area contributed by atoms with Crippen LogP contribution in [0.25, 0.3) is 0 Å². The van der Waals surface area contributed by atoms with Crippen LogP contribution in [0.15, 0.2) is 48.5 Å². The van der Waals surface area contributed by atoms with Gasteiger partial charge in [-0.05, 0) is 48.6 Å². The summed E-state index contributed by atoms with van der Waals surface area (Å²) >= 11 is 0. The van der Waals surface area contributed by atoms with Gasteiger partial charge < -0.3 is 15.2 Å². The Morgan fingerprint density at radius 2 is 2.04 bits per heavy atom. The first-order valence-corrected chi connectivity index (χ1v) is 9.10. The summed E-state index contributed by atoms with van der Waals surface area (Å²) in [5.41, 5.74) is 2.00. The molecule has 2 aromatic carbocycles. The smallest absolute Gasteiger partial charge is 0.325 e. The number of rotatable bonds is 5. The number of benzene rings is 2. The number of aryl methyl sites for hydroxylation is 2. The zero-order valence-corrected chi connectivity index (χ0v) is 15.1. The predicted molar refractivity (Wildman–Crippen MR) is 99.4 cm³/mol. The van der Waals surface area contributed by atoms with E-state index >= 15 is 0 Å². The van der Waals surface area contributed by atoms with Crippen molar-refractivity contribution in [3.8, 4) is 5.75 Å². The number of nitrogens with zero attached hydrogens (tertiary/aromatic N) is 1. The standard InChI is InChI=1S/C21H22N2O4/c1-14-5-4-7-17(11-14)27-13-16(24)12-23-19(25)21(22-20(23)26)10-9-15-6-2-3-8-18(15)21/h2-8,11,16,24H,9-10,12-13H2,1H3,(H,22,26)/t16-,21-/m0/s1. The minimum absolute atomic E-state index is 0.00407. The Balaban J connectivity index is 1.44. The lowest BCUT2D eigenvalue weighted by molar-refractivity contribution is -0.132. The topological polar surface area (TPSA) is 78.9 Å². The molecule has 3 amide bonds. The van der Waals surface area contributed by atoms with Crippen molar-refractivity contribution in [1.29, 1.82) is 0 Å². The summed E-state index contributed by atoms with van der Waals surface area (Å²) in [5, 5.41) is 13.2. The number of aliphatic hydroxyl groups is 1. The SMILES string of the molecule is Cc1cccc(OC[C@@H](O)CN2C(=O)N[C@]3(CCc4ccccc43)C2=O)c1. The molecule has 6 nitrogen and oxygen atoms in total. The summed E-state index contributed by atoms with van der Waals surface area (Å²) in [4.78, 5) is 26.6. The van der Waals surface area contributed by atoms with E-state index in [0.29, 0.717) is 12.2 Å². The van der Waals surface area contributed by atoms with Gasteiger partial charge in [0, 0.05) is 0 Å². The molecule has 6 heteroatoms. The fourth-order valence-corrected chi connectivity index (χ4v) is 3.92. The van der Waals surface area contributed by atoms with Gasteiger partial charge in [0.05, 0.1) is 6.54 Å². The Kier molecular flexibility index (Phi) is 4.36. The molecule has 27 heavy (non-hydrogen) atoms. The Morgan fingerprint density at radius 3 is 2.85 bits per heavy atom. The van der Waals surface area contributed by atoms with Crippen molar-refractivity contribution in [2.45, 2.75) is 31.4 Å². The average molecular weight is 366 g/mol. The molecule has 0 unspecified atom stereocenters. The highest BCUT2D eigenvalue weighted by atomic mass is 16.5. The van der Waals surface area contributed by atoms with Crippen LogP contribution in [0.5, 0.6) is 5.75 Å². The lowest BCUT2D eigenvalue weighted by Gasteiger charge is -2.23. The Bertz CT molecular complexity index is 897. The third-order valence-corrected chi connectivity index (χ3v) is 5.25. The molecule has 1 heterocycles. The molecule has 1 saturated heterocycles. The van der Waals surface area contributed by atoms with Crippen molar-refractivity contribution in [2.75, 3.05) is 13.2 Å². The van der Waals surface area contributed by atoms with E-state index in [4.69, 9.17) is 4.74 Å². The number of nitrogens with one attached hydrogen (secondary N) is 1. The van der Waals surface area contributed by atoms with Gasteiger partial charge in [-0.1, -0.05) is 36.4 Å². The molecular weight excluding hydrogens is 344 g/mol. The van der Waals surface area contributed by atoms with Gasteiger partial charge in [-0.2, -0.15) is 0 Å². The maximum atomic E-state index is 13.0. The highest BCUT2D eigenvalue weighted by molar-refractivity contribution is 6.08. The van der Waals surface area contributed by atoms with Gasteiger partial charge in [-0.15, -0.1) is 0 Å². The quantitative estimate of drug-likeness (QED) is 0.795. The van der Waals surface area contributed by atoms with Crippen molar-refractivity contribution < 1.29 is 19.4 Å². The largest absolute Gasteiger partial charge is 0.491 e. The van der Waals surface area contributed by atoms with Crippen LogP contribution in [-0.2, 0) is 16.8 Å². The van der Waals surface area contributed by atoms with E-state index in [2.05, 4.69) is 5.32 Å². The summed E-state index contributed by atoms with van der Waals surface area (Å²) in [7, 11) is 0. The molecule has 1 aliphatic carbocycles. The third-order valence-electron chi connectivity index (χ3n) is 5.25. The number of aliphatic hydroxyl groups excluding tert-OH is 1. The monoisotopic (exact) mass is 366 g/mol. The summed E-state index contributed by atoms with van der Waals surface area (Å²) < 4.78 is 5.58. The fraction of sp³-hybridized carbons (Fsp3) is 0.333. The van der Waals surface area contributed by atoms with E-state index in [1.807, 2.05) is 49.4 Å². The normalized spacial score (nSPS) is 22.1. The molecule has 1 fully saturated rings. The van der Waals surface area contributed by atoms with Gasteiger partial charge in [0.15, 0.2) is 0 Å². The number of imide groups is 1. The van der Waals surface area contributed by atoms with E-state index in [0.717, 1.165) is 28.0 Å². The number of carbonyl (C=O) groups is 2. The number of hydrogen-bond acceptors (Lipinski definition) is 4. The highest BCUT2D eigenvalue weighted by Gasteiger charge is 2.55. The van der Waals surface area contributed by atoms with Crippen LogP contribution in [0.3, 0.4) is 0 Å². The zero-order chi connectivity index (χ0) is 19.0. The Morgan fingerprint density at radius 1 is 1.22 bits per heavy atom. The van der Waals surface area contributed by atoms with Gasteiger partial charge >= 0.3 is 6.03 Å². The number of amides is 3. The number of carbonyl (C=O) groups excluding carboxylic acids is 2. The van der Waals surface area contributed by atoms with E-state index in [1.165, 1.54) is 0 Å². The van der Waals surface area contributed by atoms with Gasteiger partial charge in [-0.25, -0.2) is 4.79 Å². The third kappa shape index (κ3) is 3.06. The van der Waals surface area contributed by atoms with Crippen LogP contribution in [-0.4, -0.2) is 41.2 Å². The molecule has 2 N–H and O–H groups in total. The molecular formula is C21H22N2O4. The minimum Gasteiger partial charge on any atom is -0.491 e. The van der Waals surface area contributed by atoms with Crippen LogP contribution < -0.4 is 10.1 Å². The van der Waals surface area contributed by atoms with Crippen molar-refractivity contribution >= 4 is 11.9 Å². The molecule has 0 bridgehead atoms. The van der Waals surface area contributed by atoms with Crippen molar-refractivity contribution in [3.05, 3.63) is 65.2 Å². The van der Waals surface area contributed by atoms with E-state index in [-0.39, 0.29) is 19.1 Å². The van der Waals surface area contributed by atoms with Gasteiger partial charge in [0.2, 0.25) is 0 Å². The molecule has 0 saturated carbocycles. The summed E-state index contributed by atoms with van der Waals surface area (Å²) in [6.07, 6.45) is 0.324. The first-order chi connectivity index (χ1) is 13.0. The molecule has 2 aromatic rings. The number of ether oxygens (including phenoxy) is 1. The zero-order valence-electron chi connectivity index (χ0n) is 15.1. The van der Waals surface area contributed by atoms with Crippen molar-refractivity contribution in [1.82, 2.24) is 10.2 Å². The predicted octanol–water partition coefficient (Wildman–Crippen LogP) is 2.13. The van der Waals surface area contributed by atoms with Crippen LogP contribution in [0.1, 0.15) is 23.1 Å². The maximum Gasteiger partial charge on any atom is 0.325 e. The summed E-state index contributed by atoms with van der Waals surface area (Å²) in [6.45, 7) is 1.86. The van der Waals surface area contributed by atoms with E-state index in [9.17, 15) is 14.7 Å². The van der Waals surface area contributed by atoms with E-state index in [1.54, 1.807) is 6.07 Å². The molecule has 2 atom stereocenters. The summed E-state index contributed by atoms with van der Waals surface area (Å²) in [6, 6.07) is 14.7. The lowest BCUT2D eigenvalue weighted by Crippen LogP contribution is -2.43. The van der Waals surface area contributed by atoms with Crippen LogP contribution >= 0.6 is 0 Å². The number of fused-ring (bicyclic) bond motifs is 2. The number of urea groups is 1. The maximum absolute atomic E-state index is 13.0. The molecule has 4 rings (SSSR count). The van der Waals surface area contributed by atoms with Crippen LogP contribution in [0.4, 0.5) is 4.79 Å². The first-order valence-electron chi connectivity index (χ1n) is 9.10. The molecule has 2 aliphatic rings. The van der Waals surface area contributed by atoms with Gasteiger partial charge in [-0.3, -0.25) is 9.69 Å². The highest BCUT2D eigenvalue weighted by Crippen LogP contribution is 2.41. The van der Waals surface area contributed by atoms with Crippen molar-refractivity contribution in [2.24, 2.45) is 0 Å². The number of β-amino-alcohol motifs (C(OH)–C–C–N with tert-alkyl or cyclic N) is 1. The Hall–Kier alpha value is -2.86. The van der Waals surface area contributed by atoms with Crippen LogP contribution in [0.2, 0.25) is 0 Å². The van der Waals surface area contributed by atoms with E-state index < -0.39 is 17.7 Å². The fourth-order valence-electron chi connectivity index (χ4n) is 3.92. The second-order valence-electron chi connectivity index (χ2n) is 7.19. The Labute approximate surface area is 157 Å². The molecule has 1 spiro atoms. The van der Waals surface area contributed by atoms with Gasteiger partial charge in [0.1, 0.15) is 24.0 Å². The average Bonchev–Trinajstić information content (AvgIpc) is 3.14. The first kappa shape index (κ1) is 17.5. The number of hydrogen-bond donors (Lipinski definition) is 2. The molecule has 140 valence electrons.